The average molecular weight is 391 g/mol. The molecule has 0 bridgehead atoms. The topological polar surface area (TPSA) is 102 Å². The third-order valence-electron chi connectivity index (χ3n) is 4.50. The van der Waals surface area contributed by atoms with Crippen LogP contribution >= 0.6 is 0 Å². The van der Waals surface area contributed by atoms with Gasteiger partial charge >= 0.3 is 12.2 Å². The van der Waals surface area contributed by atoms with Gasteiger partial charge in [-0.3, -0.25) is 4.79 Å². The van der Waals surface area contributed by atoms with Crippen LogP contribution in [0.15, 0.2) is 30.3 Å². The van der Waals surface area contributed by atoms with E-state index in [0.717, 1.165) is 5.56 Å². The molecule has 8 nitrogen and oxygen atoms in total. The van der Waals surface area contributed by atoms with E-state index in [4.69, 9.17) is 15.2 Å². The largest absolute Gasteiger partial charge is 0.445 e. The molecule has 1 heterocycles. The molecule has 1 aromatic carbocycles. The number of benzene rings is 1. The van der Waals surface area contributed by atoms with Gasteiger partial charge in [-0.1, -0.05) is 30.3 Å². The monoisotopic (exact) mass is 391 g/mol. The molecule has 2 atom stereocenters. The Labute approximate surface area is 165 Å². The Balaban J connectivity index is 2.00. The summed E-state index contributed by atoms with van der Waals surface area (Å²) in [6.45, 7) is 5.73. The zero-order chi connectivity index (χ0) is 20.9. The Bertz CT molecular complexity index is 702. The van der Waals surface area contributed by atoms with Gasteiger partial charge in [-0.25, -0.2) is 9.59 Å². The number of amides is 3. The summed E-state index contributed by atoms with van der Waals surface area (Å²) < 4.78 is 10.8. The standard InChI is InChI=1S/C20H29N3O5/c1-20(2,3)28-19(26)23-12-16(10-15(23)11-17(21)24)22(4)18(25)27-13-14-8-6-5-7-9-14/h5-9,15-16H,10-13H2,1-4H3,(H2,21,24)/t15-,16-/m1/s1. The van der Waals surface area contributed by atoms with E-state index in [1.165, 1.54) is 9.80 Å². The molecular weight excluding hydrogens is 362 g/mol. The third-order valence-corrected chi connectivity index (χ3v) is 4.50. The molecule has 0 aromatic heterocycles. The number of nitrogens with zero attached hydrogens (tertiary/aromatic N) is 2. The Morgan fingerprint density at radius 3 is 2.43 bits per heavy atom. The second kappa shape index (κ2) is 8.95. The lowest BCUT2D eigenvalue weighted by molar-refractivity contribution is -0.118. The van der Waals surface area contributed by atoms with Crippen LogP contribution in [0.1, 0.15) is 39.2 Å². The molecule has 1 saturated heterocycles. The molecule has 0 radical (unpaired) electrons. The molecule has 0 aliphatic carbocycles. The summed E-state index contributed by atoms with van der Waals surface area (Å²) in [4.78, 5) is 39.3. The van der Waals surface area contributed by atoms with Crippen LogP contribution in [-0.4, -0.2) is 59.2 Å². The summed E-state index contributed by atoms with van der Waals surface area (Å²) in [5, 5.41) is 0. The molecule has 1 fully saturated rings. The van der Waals surface area contributed by atoms with E-state index in [9.17, 15) is 14.4 Å². The highest BCUT2D eigenvalue weighted by atomic mass is 16.6. The van der Waals surface area contributed by atoms with Crippen LogP contribution in [0.2, 0.25) is 0 Å². The van der Waals surface area contributed by atoms with Crippen molar-refractivity contribution in [3.63, 3.8) is 0 Å². The first-order chi connectivity index (χ1) is 13.1. The van der Waals surface area contributed by atoms with Crippen molar-refractivity contribution in [3.05, 3.63) is 35.9 Å². The van der Waals surface area contributed by atoms with Crippen molar-refractivity contribution in [2.75, 3.05) is 13.6 Å². The van der Waals surface area contributed by atoms with Gasteiger partial charge in [0.2, 0.25) is 5.91 Å². The average Bonchev–Trinajstić information content (AvgIpc) is 3.01. The Morgan fingerprint density at radius 1 is 1.21 bits per heavy atom. The van der Waals surface area contributed by atoms with E-state index in [0.29, 0.717) is 6.42 Å². The number of carbonyl (C=O) groups excluding carboxylic acids is 3. The molecule has 1 aliphatic rings. The molecule has 28 heavy (non-hydrogen) atoms. The Hall–Kier alpha value is -2.77. The smallest absolute Gasteiger partial charge is 0.410 e. The van der Waals surface area contributed by atoms with Gasteiger partial charge in [0.15, 0.2) is 0 Å². The van der Waals surface area contributed by atoms with Crippen molar-refractivity contribution in [3.8, 4) is 0 Å². The molecule has 0 saturated carbocycles. The van der Waals surface area contributed by atoms with Crippen LogP contribution < -0.4 is 5.73 Å². The second-order valence-corrected chi connectivity index (χ2v) is 8.00. The van der Waals surface area contributed by atoms with E-state index >= 15 is 0 Å². The minimum atomic E-state index is -0.660. The minimum absolute atomic E-state index is 0.0165. The minimum Gasteiger partial charge on any atom is -0.445 e. The molecule has 2 N–H and O–H groups in total. The lowest BCUT2D eigenvalue weighted by atomic mass is 10.1. The van der Waals surface area contributed by atoms with Gasteiger partial charge in [0, 0.05) is 26.1 Å². The highest BCUT2D eigenvalue weighted by Gasteiger charge is 2.41. The first-order valence-electron chi connectivity index (χ1n) is 9.28. The number of hydrogen-bond acceptors (Lipinski definition) is 5. The van der Waals surface area contributed by atoms with E-state index in [1.807, 2.05) is 30.3 Å². The molecular formula is C20H29N3O5. The van der Waals surface area contributed by atoms with Crippen LogP contribution in [0.5, 0.6) is 0 Å². The zero-order valence-corrected chi connectivity index (χ0v) is 16.9. The van der Waals surface area contributed by atoms with Crippen LogP contribution in [0.4, 0.5) is 9.59 Å². The fourth-order valence-electron chi connectivity index (χ4n) is 3.11. The van der Waals surface area contributed by atoms with E-state index in [2.05, 4.69) is 0 Å². The Morgan fingerprint density at radius 2 is 1.86 bits per heavy atom. The van der Waals surface area contributed by atoms with Gasteiger partial charge in [0.1, 0.15) is 12.2 Å². The van der Waals surface area contributed by atoms with Crippen LogP contribution in [0.25, 0.3) is 0 Å². The molecule has 0 unspecified atom stereocenters. The third kappa shape index (κ3) is 6.14. The van der Waals surface area contributed by atoms with Crippen molar-refractivity contribution < 1.29 is 23.9 Å². The molecule has 3 amide bonds. The maximum atomic E-state index is 12.5. The SMILES string of the molecule is CN(C(=O)OCc1ccccc1)[C@@H]1C[C@H](CC(N)=O)N(C(=O)OC(C)(C)C)C1. The highest BCUT2D eigenvalue weighted by Crippen LogP contribution is 2.26. The summed E-state index contributed by atoms with van der Waals surface area (Å²) in [7, 11) is 1.62. The zero-order valence-electron chi connectivity index (χ0n) is 16.9. The lowest BCUT2D eigenvalue weighted by Crippen LogP contribution is -2.43. The molecule has 1 aliphatic heterocycles. The van der Waals surface area contributed by atoms with E-state index in [-0.39, 0.29) is 25.6 Å². The van der Waals surface area contributed by atoms with Gasteiger partial charge in [0.05, 0.1) is 6.04 Å². The van der Waals surface area contributed by atoms with Crippen molar-refractivity contribution in [1.29, 1.82) is 0 Å². The van der Waals surface area contributed by atoms with Crippen LogP contribution in [-0.2, 0) is 20.9 Å². The quantitative estimate of drug-likeness (QED) is 0.831. The number of nitrogens with two attached hydrogens (primary N) is 1. The summed E-state index contributed by atoms with van der Waals surface area (Å²) in [5.74, 6) is -0.506. The Kier molecular flexibility index (Phi) is 6.88. The normalized spacial score (nSPS) is 19.2. The van der Waals surface area contributed by atoms with E-state index in [1.54, 1.807) is 27.8 Å². The first kappa shape index (κ1) is 21.5. The maximum Gasteiger partial charge on any atom is 0.410 e. The van der Waals surface area contributed by atoms with Gasteiger partial charge in [0.25, 0.3) is 0 Å². The summed E-state index contributed by atoms with van der Waals surface area (Å²) in [6, 6.07) is 8.67. The number of ether oxygens (including phenoxy) is 2. The molecule has 0 spiro atoms. The summed E-state index contributed by atoms with van der Waals surface area (Å²) >= 11 is 0. The van der Waals surface area contributed by atoms with Crippen LogP contribution in [0, 0.1) is 0 Å². The van der Waals surface area contributed by atoms with Gasteiger partial charge in [-0.2, -0.15) is 0 Å². The molecule has 1 aromatic rings. The summed E-state index contributed by atoms with van der Waals surface area (Å²) in [6.07, 6.45) is -0.563. The van der Waals surface area contributed by atoms with Gasteiger partial charge in [-0.15, -0.1) is 0 Å². The fourth-order valence-corrected chi connectivity index (χ4v) is 3.11. The number of rotatable bonds is 5. The van der Waals surface area contributed by atoms with Crippen molar-refractivity contribution >= 4 is 18.1 Å². The number of primary amides is 1. The predicted octanol–water partition coefficient (Wildman–Crippen LogP) is 2.51. The lowest BCUT2D eigenvalue weighted by Gasteiger charge is -2.28. The fraction of sp³-hybridized carbons (Fsp3) is 0.550. The van der Waals surface area contributed by atoms with Crippen molar-refractivity contribution in [1.82, 2.24) is 9.80 Å². The highest BCUT2D eigenvalue weighted by molar-refractivity contribution is 5.76. The number of carbonyl (C=O) groups is 3. The van der Waals surface area contributed by atoms with Gasteiger partial charge < -0.3 is 25.0 Å². The number of hydrogen-bond donors (Lipinski definition) is 1. The number of likely N-dealkylation sites (tertiary alicyclic amines) is 1. The van der Waals surface area contributed by atoms with Crippen LogP contribution in [0.3, 0.4) is 0 Å². The predicted molar refractivity (Wildman–Crippen MR) is 103 cm³/mol. The molecule has 8 heteroatoms. The summed E-state index contributed by atoms with van der Waals surface area (Å²) in [5.41, 5.74) is 5.56. The first-order valence-corrected chi connectivity index (χ1v) is 9.28. The second-order valence-electron chi connectivity index (χ2n) is 8.00. The van der Waals surface area contributed by atoms with Crippen molar-refractivity contribution in [2.45, 2.75) is 57.9 Å². The molecule has 2 rings (SSSR count). The number of likely N-dealkylation sites (N-methyl/N-ethyl adjacent to an activating group) is 1. The van der Waals surface area contributed by atoms with E-state index < -0.39 is 29.7 Å². The van der Waals surface area contributed by atoms with Gasteiger partial charge in [-0.05, 0) is 32.8 Å². The van der Waals surface area contributed by atoms with Crippen molar-refractivity contribution in [2.24, 2.45) is 5.73 Å². The maximum absolute atomic E-state index is 12.5. The molecule has 154 valence electrons.